The van der Waals surface area contributed by atoms with Crippen LogP contribution in [-0.2, 0) is 7.05 Å². The normalized spacial score (nSPS) is 26.4. The van der Waals surface area contributed by atoms with Crippen LogP contribution in [-0.4, -0.2) is 92.8 Å². The zero-order valence-electron chi connectivity index (χ0n) is 23.9. The third kappa shape index (κ3) is 4.39. The number of piperazine rings is 1. The number of nitriles is 1. The van der Waals surface area contributed by atoms with Crippen LogP contribution in [0.1, 0.15) is 51.3 Å². The Balaban J connectivity index is 1.42. The summed E-state index contributed by atoms with van der Waals surface area (Å²) in [7, 11) is 3.73. The molecule has 0 aliphatic carbocycles. The van der Waals surface area contributed by atoms with Gasteiger partial charge in [-0.25, -0.2) is 4.79 Å². The second-order valence-corrected chi connectivity index (χ2v) is 11.1. The number of aliphatic imine (C=N–C) groups is 2. The minimum atomic E-state index is -0.311. The van der Waals surface area contributed by atoms with Crippen LogP contribution in [0.25, 0.3) is 10.9 Å². The number of rotatable bonds is 4. The van der Waals surface area contributed by atoms with Crippen molar-refractivity contribution in [3.8, 4) is 6.07 Å². The number of amidine groups is 2. The van der Waals surface area contributed by atoms with Crippen LogP contribution < -0.4 is 5.43 Å². The van der Waals surface area contributed by atoms with Gasteiger partial charge in [-0.2, -0.15) is 10.3 Å². The lowest BCUT2D eigenvalue weighted by Crippen LogP contribution is -2.64. The first-order valence-electron chi connectivity index (χ1n) is 13.7. The third-order valence-corrected chi connectivity index (χ3v) is 8.67. The van der Waals surface area contributed by atoms with Gasteiger partial charge in [-0.15, -0.1) is 0 Å². The van der Waals surface area contributed by atoms with E-state index in [4.69, 9.17) is 4.99 Å². The molecule has 1 aromatic heterocycles. The second kappa shape index (κ2) is 10.1. The van der Waals surface area contributed by atoms with E-state index in [1.54, 1.807) is 11.9 Å². The summed E-state index contributed by atoms with van der Waals surface area (Å²) in [6, 6.07) is 8.23. The Morgan fingerprint density at radius 2 is 1.90 bits per heavy atom. The first-order valence-corrected chi connectivity index (χ1v) is 13.7. The van der Waals surface area contributed by atoms with Crippen LogP contribution in [0.4, 0.5) is 4.79 Å². The van der Waals surface area contributed by atoms with E-state index in [9.17, 15) is 14.9 Å². The number of carbonyl (C=O) groups is 1. The smallest absolute Gasteiger partial charge is 0.346 e. The summed E-state index contributed by atoms with van der Waals surface area (Å²) in [5.74, 6) is 1.42. The quantitative estimate of drug-likeness (QED) is 0.602. The molecule has 5 rings (SSSR count). The van der Waals surface area contributed by atoms with Crippen molar-refractivity contribution < 1.29 is 4.79 Å². The maximum Gasteiger partial charge on any atom is 0.346 e. The maximum atomic E-state index is 13.0. The van der Waals surface area contributed by atoms with Gasteiger partial charge >= 0.3 is 6.03 Å². The fourth-order valence-corrected chi connectivity index (χ4v) is 6.55. The third-order valence-electron chi connectivity index (χ3n) is 8.67. The molecular formula is C29H38N8O2. The monoisotopic (exact) mass is 530 g/mol. The molecule has 1 saturated heterocycles. The van der Waals surface area contributed by atoms with Gasteiger partial charge in [0, 0.05) is 69.0 Å². The molecule has 5 atom stereocenters. The summed E-state index contributed by atoms with van der Waals surface area (Å²) in [4.78, 5) is 43.7. The molecule has 0 bridgehead atoms. The summed E-state index contributed by atoms with van der Waals surface area (Å²) in [6.07, 6.45) is 1.83. The molecule has 0 spiro atoms. The molecule has 10 heteroatoms. The van der Waals surface area contributed by atoms with Gasteiger partial charge < -0.3 is 19.3 Å². The maximum absolute atomic E-state index is 13.0. The van der Waals surface area contributed by atoms with E-state index in [-0.39, 0.29) is 48.2 Å². The fraction of sp³-hybridized carbons (Fsp3) is 0.552. The van der Waals surface area contributed by atoms with E-state index in [2.05, 4.69) is 52.6 Å². The zero-order chi connectivity index (χ0) is 28.2. The van der Waals surface area contributed by atoms with Crippen LogP contribution in [0.2, 0.25) is 0 Å². The standard InChI is InChI=1S/C29H38N8O2/c1-8-35-24(11-12-30)31-25-27(32-29(39)34(7)28(25)35)37-16-18(3)36(15-19(37)4)20(5)21-9-10-23-22(13-21)26(38)17(2)14-33(23)6/h9-10,13-14,18-20,25,28H,8,11,15-16H2,1-7H3/t18-,19+,20?,25?,28?/m1/s1. The van der Waals surface area contributed by atoms with Gasteiger partial charge in [-0.3, -0.25) is 14.7 Å². The summed E-state index contributed by atoms with van der Waals surface area (Å²) in [5.41, 5.74) is 2.87. The Kier molecular flexibility index (Phi) is 6.97. The Bertz CT molecular complexity index is 1470. The van der Waals surface area contributed by atoms with Crippen molar-refractivity contribution in [2.45, 2.75) is 71.4 Å². The zero-order valence-corrected chi connectivity index (χ0v) is 23.9. The lowest BCUT2D eigenvalue weighted by molar-refractivity contribution is 0.0488. The highest BCUT2D eigenvalue weighted by Crippen LogP contribution is 2.33. The first-order chi connectivity index (χ1) is 18.6. The van der Waals surface area contributed by atoms with Crippen LogP contribution >= 0.6 is 0 Å². The van der Waals surface area contributed by atoms with E-state index in [1.807, 2.05) is 43.8 Å². The van der Waals surface area contributed by atoms with E-state index in [1.165, 1.54) is 0 Å². The van der Waals surface area contributed by atoms with Gasteiger partial charge in [-0.05, 0) is 52.3 Å². The van der Waals surface area contributed by atoms with E-state index in [0.717, 1.165) is 34.4 Å². The van der Waals surface area contributed by atoms with Gasteiger partial charge in [0.25, 0.3) is 0 Å². The molecule has 2 amide bonds. The highest BCUT2D eigenvalue weighted by molar-refractivity contribution is 6.04. The molecule has 1 fully saturated rings. The van der Waals surface area contributed by atoms with Crippen molar-refractivity contribution in [2.75, 3.05) is 26.7 Å². The molecule has 4 heterocycles. The number of fused-ring (bicyclic) bond motifs is 2. The average Bonchev–Trinajstić information content (AvgIpc) is 3.28. The van der Waals surface area contributed by atoms with E-state index >= 15 is 0 Å². The fourth-order valence-electron chi connectivity index (χ4n) is 6.55. The molecule has 3 unspecified atom stereocenters. The highest BCUT2D eigenvalue weighted by atomic mass is 16.2. The van der Waals surface area contributed by atoms with E-state index in [0.29, 0.717) is 18.9 Å². The molecule has 2 aromatic rings. The molecule has 0 saturated carbocycles. The first kappa shape index (κ1) is 26.9. The SMILES string of the molecule is CCN1C(CC#N)=NC2C(N3C[C@@H](C)N(C(C)c4ccc5c(c4)c(=O)c(C)cn5C)C[C@@H]3C)=NC(=O)N(C)C21. The second-order valence-electron chi connectivity index (χ2n) is 11.1. The predicted molar refractivity (Wildman–Crippen MR) is 153 cm³/mol. The summed E-state index contributed by atoms with van der Waals surface area (Å²) in [6.45, 7) is 12.6. The lowest BCUT2D eigenvalue weighted by atomic mass is 9.98. The van der Waals surface area contributed by atoms with Gasteiger partial charge in [-0.1, -0.05) is 6.07 Å². The van der Waals surface area contributed by atoms with Crippen LogP contribution in [0.3, 0.4) is 0 Å². The minimum Gasteiger partial charge on any atom is -0.352 e. The average molecular weight is 531 g/mol. The number of benzene rings is 1. The summed E-state index contributed by atoms with van der Waals surface area (Å²) < 4.78 is 2.01. The number of aryl methyl sites for hydroxylation is 2. The number of aromatic nitrogens is 1. The van der Waals surface area contributed by atoms with Crippen LogP contribution in [0, 0.1) is 18.3 Å². The number of hydrogen-bond acceptors (Lipinski definition) is 7. The molecule has 39 heavy (non-hydrogen) atoms. The number of pyridine rings is 1. The summed E-state index contributed by atoms with van der Waals surface area (Å²) in [5, 5.41) is 10.1. The Labute approximate surface area is 229 Å². The number of carbonyl (C=O) groups excluding carboxylic acids is 1. The molecule has 10 nitrogen and oxygen atoms in total. The van der Waals surface area contributed by atoms with Crippen molar-refractivity contribution in [3.05, 3.63) is 45.7 Å². The number of urea groups is 1. The van der Waals surface area contributed by atoms with Gasteiger partial charge in [0.05, 0.1) is 18.0 Å². The van der Waals surface area contributed by atoms with Crippen molar-refractivity contribution >= 4 is 28.6 Å². The topological polar surface area (TPSA) is 101 Å². The number of hydrogen-bond donors (Lipinski definition) is 0. The van der Waals surface area contributed by atoms with Gasteiger partial charge in [0.2, 0.25) is 0 Å². The number of likely N-dealkylation sites (N-methyl/N-ethyl adjacent to an activating group) is 2. The molecule has 0 N–H and O–H groups in total. The van der Waals surface area contributed by atoms with Crippen LogP contribution in [0.5, 0.6) is 0 Å². The van der Waals surface area contributed by atoms with Crippen molar-refractivity contribution in [1.82, 2.24) is 24.2 Å². The number of nitrogens with zero attached hydrogens (tertiary/aromatic N) is 8. The van der Waals surface area contributed by atoms with Crippen LogP contribution in [0.15, 0.2) is 39.2 Å². The van der Waals surface area contributed by atoms with Gasteiger partial charge in [0.1, 0.15) is 23.9 Å². The predicted octanol–water partition coefficient (Wildman–Crippen LogP) is 3.11. The molecule has 206 valence electrons. The summed E-state index contributed by atoms with van der Waals surface area (Å²) >= 11 is 0. The molecule has 1 aromatic carbocycles. The van der Waals surface area contributed by atoms with E-state index < -0.39 is 0 Å². The Morgan fingerprint density at radius 1 is 1.15 bits per heavy atom. The van der Waals surface area contributed by atoms with Gasteiger partial charge in [0.15, 0.2) is 5.43 Å². The molecule has 3 aliphatic rings. The minimum absolute atomic E-state index is 0.0805. The van der Waals surface area contributed by atoms with Crippen molar-refractivity contribution in [1.29, 1.82) is 5.26 Å². The molecule has 0 radical (unpaired) electrons. The Hall–Kier alpha value is -3.71. The number of amides is 2. The largest absolute Gasteiger partial charge is 0.352 e. The highest BCUT2D eigenvalue weighted by Gasteiger charge is 2.48. The Morgan fingerprint density at radius 3 is 2.59 bits per heavy atom. The molecular weight excluding hydrogens is 492 g/mol. The van der Waals surface area contributed by atoms with Crippen molar-refractivity contribution in [2.24, 2.45) is 17.0 Å². The molecule has 3 aliphatic heterocycles. The lowest BCUT2D eigenvalue weighted by Gasteiger charge is -2.50. The van der Waals surface area contributed by atoms with Crippen molar-refractivity contribution in [3.63, 3.8) is 0 Å².